The van der Waals surface area contributed by atoms with Crippen LogP contribution in [-0.4, -0.2) is 30.4 Å². The maximum Gasteiger partial charge on any atom is 0.222 e. The van der Waals surface area contributed by atoms with E-state index in [9.17, 15) is 4.79 Å². The number of nitrogens with zero attached hydrogens (tertiary/aromatic N) is 1. The van der Waals surface area contributed by atoms with Gasteiger partial charge in [-0.3, -0.25) is 4.79 Å². The molecule has 1 amide bonds. The summed E-state index contributed by atoms with van der Waals surface area (Å²) in [5, 5.41) is 0. The third-order valence-corrected chi connectivity index (χ3v) is 4.54. The summed E-state index contributed by atoms with van der Waals surface area (Å²) in [5.41, 5.74) is 5.66. The molecule has 106 valence electrons. The van der Waals surface area contributed by atoms with E-state index in [4.69, 9.17) is 5.73 Å². The smallest absolute Gasteiger partial charge is 0.222 e. The molecule has 1 saturated heterocycles. The van der Waals surface area contributed by atoms with Crippen LogP contribution in [0.5, 0.6) is 0 Å². The van der Waals surface area contributed by atoms with Crippen molar-refractivity contribution in [2.45, 2.75) is 51.4 Å². The van der Waals surface area contributed by atoms with Gasteiger partial charge in [0.1, 0.15) is 0 Å². The molecule has 18 heavy (non-hydrogen) atoms. The number of amides is 1. The van der Waals surface area contributed by atoms with E-state index >= 15 is 0 Å². The zero-order chi connectivity index (χ0) is 12.1. The van der Waals surface area contributed by atoms with Crippen molar-refractivity contribution in [3.05, 3.63) is 0 Å². The fourth-order valence-electron chi connectivity index (χ4n) is 3.20. The topological polar surface area (TPSA) is 46.3 Å². The van der Waals surface area contributed by atoms with Crippen molar-refractivity contribution in [1.29, 1.82) is 0 Å². The van der Waals surface area contributed by atoms with Gasteiger partial charge in [-0.05, 0) is 37.6 Å². The first-order valence-electron chi connectivity index (χ1n) is 7.27. The number of carbonyl (C=O) groups excluding carboxylic acids is 1. The van der Waals surface area contributed by atoms with Crippen LogP contribution in [0.25, 0.3) is 0 Å². The van der Waals surface area contributed by atoms with Gasteiger partial charge in [-0.1, -0.05) is 25.7 Å². The van der Waals surface area contributed by atoms with Crippen molar-refractivity contribution in [1.82, 2.24) is 4.90 Å². The Morgan fingerprint density at radius 1 is 1.06 bits per heavy atom. The lowest BCUT2D eigenvalue weighted by Gasteiger charge is -2.31. The van der Waals surface area contributed by atoms with Crippen LogP contribution in [0, 0.1) is 11.8 Å². The van der Waals surface area contributed by atoms with Crippen LogP contribution in [-0.2, 0) is 4.79 Å². The Hall–Kier alpha value is -0.280. The molecule has 2 fully saturated rings. The number of halogens is 1. The molecule has 0 aromatic rings. The number of hydrogen-bond acceptors (Lipinski definition) is 2. The van der Waals surface area contributed by atoms with Crippen LogP contribution in [0.1, 0.15) is 51.4 Å². The summed E-state index contributed by atoms with van der Waals surface area (Å²) < 4.78 is 0. The average Bonchev–Trinajstić information content (AvgIpc) is 2.89. The van der Waals surface area contributed by atoms with Gasteiger partial charge >= 0.3 is 0 Å². The molecule has 1 aliphatic heterocycles. The van der Waals surface area contributed by atoms with Gasteiger partial charge in [-0.25, -0.2) is 0 Å². The first-order valence-corrected chi connectivity index (χ1v) is 7.27. The minimum absolute atomic E-state index is 0. The minimum atomic E-state index is 0. The van der Waals surface area contributed by atoms with Gasteiger partial charge in [-0.2, -0.15) is 0 Å². The SMILES string of the molecule is Cl.NCC1CCN(C(=O)CCC2CCCC2)CC1. The zero-order valence-corrected chi connectivity index (χ0v) is 12.1. The fourth-order valence-corrected chi connectivity index (χ4v) is 3.20. The largest absolute Gasteiger partial charge is 0.343 e. The maximum absolute atomic E-state index is 12.0. The summed E-state index contributed by atoms with van der Waals surface area (Å²) in [7, 11) is 0. The molecule has 4 heteroatoms. The van der Waals surface area contributed by atoms with E-state index in [1.54, 1.807) is 0 Å². The van der Waals surface area contributed by atoms with Crippen LogP contribution in [0.15, 0.2) is 0 Å². The Labute approximate surface area is 117 Å². The molecule has 0 aromatic carbocycles. The quantitative estimate of drug-likeness (QED) is 0.856. The molecular formula is C14H27ClN2O. The second kappa shape index (κ2) is 8.00. The lowest BCUT2D eigenvalue weighted by Crippen LogP contribution is -2.40. The molecule has 2 aliphatic rings. The van der Waals surface area contributed by atoms with Gasteiger partial charge in [-0.15, -0.1) is 12.4 Å². The number of nitrogens with two attached hydrogens (primary N) is 1. The summed E-state index contributed by atoms with van der Waals surface area (Å²) >= 11 is 0. The fraction of sp³-hybridized carbons (Fsp3) is 0.929. The summed E-state index contributed by atoms with van der Waals surface area (Å²) in [6, 6.07) is 0. The first-order chi connectivity index (χ1) is 8.29. The lowest BCUT2D eigenvalue weighted by molar-refractivity contribution is -0.132. The van der Waals surface area contributed by atoms with E-state index in [1.807, 2.05) is 0 Å². The number of hydrogen-bond donors (Lipinski definition) is 1. The van der Waals surface area contributed by atoms with Crippen molar-refractivity contribution in [2.75, 3.05) is 19.6 Å². The molecule has 0 radical (unpaired) electrons. The summed E-state index contributed by atoms with van der Waals surface area (Å²) in [6.07, 6.45) is 9.55. The molecule has 0 atom stereocenters. The second-order valence-electron chi connectivity index (χ2n) is 5.75. The monoisotopic (exact) mass is 274 g/mol. The first kappa shape index (κ1) is 15.8. The molecule has 1 aliphatic carbocycles. The number of piperidine rings is 1. The Morgan fingerprint density at radius 2 is 1.67 bits per heavy atom. The highest BCUT2D eigenvalue weighted by molar-refractivity contribution is 5.85. The van der Waals surface area contributed by atoms with Crippen molar-refractivity contribution < 1.29 is 4.79 Å². The van der Waals surface area contributed by atoms with Crippen LogP contribution in [0.2, 0.25) is 0 Å². The summed E-state index contributed by atoms with van der Waals surface area (Å²) in [6.45, 7) is 2.65. The van der Waals surface area contributed by atoms with E-state index in [2.05, 4.69) is 4.90 Å². The van der Waals surface area contributed by atoms with Crippen LogP contribution in [0.3, 0.4) is 0 Å². The van der Waals surface area contributed by atoms with Crippen molar-refractivity contribution in [3.63, 3.8) is 0 Å². The Kier molecular flexibility index (Phi) is 7.02. The van der Waals surface area contributed by atoms with E-state index in [1.165, 1.54) is 25.7 Å². The second-order valence-corrected chi connectivity index (χ2v) is 5.75. The normalized spacial score (nSPS) is 21.9. The average molecular weight is 275 g/mol. The molecule has 2 N–H and O–H groups in total. The molecule has 0 unspecified atom stereocenters. The predicted octanol–water partition coefficient (Wildman–Crippen LogP) is 2.58. The molecule has 0 bridgehead atoms. The molecule has 3 nitrogen and oxygen atoms in total. The van der Waals surface area contributed by atoms with Crippen LogP contribution >= 0.6 is 12.4 Å². The van der Waals surface area contributed by atoms with Crippen LogP contribution in [0.4, 0.5) is 0 Å². The highest BCUT2D eigenvalue weighted by Gasteiger charge is 2.23. The standard InChI is InChI=1S/C14H26N2O.ClH/c15-11-13-7-9-16(10-8-13)14(17)6-5-12-3-1-2-4-12;/h12-13H,1-11,15H2;1H. The molecule has 1 saturated carbocycles. The molecular weight excluding hydrogens is 248 g/mol. The molecule has 0 aromatic heterocycles. The van der Waals surface area contributed by atoms with Gasteiger partial charge in [0.2, 0.25) is 5.91 Å². The third-order valence-electron chi connectivity index (χ3n) is 4.54. The molecule has 2 rings (SSSR count). The Morgan fingerprint density at radius 3 is 2.22 bits per heavy atom. The Balaban J connectivity index is 0.00000162. The lowest BCUT2D eigenvalue weighted by atomic mass is 9.96. The zero-order valence-electron chi connectivity index (χ0n) is 11.3. The number of likely N-dealkylation sites (tertiary alicyclic amines) is 1. The highest BCUT2D eigenvalue weighted by Crippen LogP contribution is 2.29. The molecule has 1 heterocycles. The van der Waals surface area contributed by atoms with E-state index < -0.39 is 0 Å². The van der Waals surface area contributed by atoms with Gasteiger partial charge in [0.15, 0.2) is 0 Å². The van der Waals surface area contributed by atoms with Gasteiger partial charge in [0, 0.05) is 19.5 Å². The highest BCUT2D eigenvalue weighted by atomic mass is 35.5. The number of rotatable bonds is 4. The van der Waals surface area contributed by atoms with Gasteiger partial charge in [0.25, 0.3) is 0 Å². The van der Waals surface area contributed by atoms with E-state index in [0.717, 1.165) is 51.2 Å². The third kappa shape index (κ3) is 4.43. The minimum Gasteiger partial charge on any atom is -0.343 e. The van der Waals surface area contributed by atoms with E-state index in [-0.39, 0.29) is 12.4 Å². The van der Waals surface area contributed by atoms with Crippen LogP contribution < -0.4 is 5.73 Å². The summed E-state index contributed by atoms with van der Waals surface area (Å²) in [5.74, 6) is 1.86. The van der Waals surface area contributed by atoms with Gasteiger partial charge < -0.3 is 10.6 Å². The molecule has 0 spiro atoms. The van der Waals surface area contributed by atoms with Crippen molar-refractivity contribution >= 4 is 18.3 Å². The maximum atomic E-state index is 12.0. The summed E-state index contributed by atoms with van der Waals surface area (Å²) in [4.78, 5) is 14.1. The van der Waals surface area contributed by atoms with Crippen molar-refractivity contribution in [2.24, 2.45) is 17.6 Å². The van der Waals surface area contributed by atoms with E-state index in [0.29, 0.717) is 11.8 Å². The Bertz CT molecular complexity index is 246. The predicted molar refractivity (Wildman–Crippen MR) is 76.8 cm³/mol. The van der Waals surface area contributed by atoms with Crippen molar-refractivity contribution in [3.8, 4) is 0 Å². The number of carbonyl (C=O) groups is 1. The van der Waals surface area contributed by atoms with Gasteiger partial charge in [0.05, 0.1) is 0 Å².